The summed E-state index contributed by atoms with van der Waals surface area (Å²) in [6, 6.07) is 15.7. The van der Waals surface area contributed by atoms with Gasteiger partial charge < -0.3 is 15.3 Å². The monoisotopic (exact) mass is 300 g/mol. The average molecular weight is 300 g/mol. The highest BCUT2D eigenvalue weighted by Gasteiger charge is 2.35. The molecule has 0 aromatic heterocycles. The molecule has 114 valence electrons. The quantitative estimate of drug-likeness (QED) is 0.687. The second-order valence-electron chi connectivity index (χ2n) is 4.84. The summed E-state index contributed by atoms with van der Waals surface area (Å²) in [5.74, 6) is -1.51. The zero-order valence-corrected chi connectivity index (χ0v) is 11.7. The first kappa shape index (κ1) is 16.0. The van der Waals surface area contributed by atoms with Gasteiger partial charge in [0, 0.05) is 11.1 Å². The van der Waals surface area contributed by atoms with Gasteiger partial charge in [-0.1, -0.05) is 60.7 Å². The molecule has 0 aliphatic rings. The molecule has 2 rings (SSSR count). The summed E-state index contributed by atoms with van der Waals surface area (Å²) in [6.07, 6.45) is -5.67. The van der Waals surface area contributed by atoms with Crippen LogP contribution in [0.3, 0.4) is 0 Å². The molecule has 0 aliphatic carbocycles. The van der Waals surface area contributed by atoms with Crippen LogP contribution in [0.1, 0.15) is 20.7 Å². The topological polar surface area (TPSA) is 94.8 Å². The van der Waals surface area contributed by atoms with Crippen LogP contribution in [0, 0.1) is 0 Å². The molecule has 0 saturated carbocycles. The first-order valence-corrected chi connectivity index (χ1v) is 6.75. The molecule has 0 spiro atoms. The van der Waals surface area contributed by atoms with Crippen molar-refractivity contribution < 1.29 is 24.9 Å². The van der Waals surface area contributed by atoms with Gasteiger partial charge in [0.25, 0.3) is 0 Å². The number of aliphatic hydroxyl groups is 3. The lowest BCUT2D eigenvalue weighted by Gasteiger charge is -2.21. The molecule has 0 radical (unpaired) electrons. The van der Waals surface area contributed by atoms with Crippen LogP contribution >= 0.6 is 0 Å². The van der Waals surface area contributed by atoms with Gasteiger partial charge in [0.05, 0.1) is 0 Å². The molecule has 2 aromatic carbocycles. The molecule has 0 aliphatic heterocycles. The summed E-state index contributed by atoms with van der Waals surface area (Å²) in [4.78, 5) is 24.0. The molecule has 0 amide bonds. The highest BCUT2D eigenvalue weighted by atomic mass is 16.4. The minimum absolute atomic E-state index is 0.188. The molecule has 0 bridgehead atoms. The van der Waals surface area contributed by atoms with Crippen molar-refractivity contribution >= 4 is 11.6 Å². The third kappa shape index (κ3) is 3.46. The number of carbonyl (C=O) groups is 2. The van der Waals surface area contributed by atoms with E-state index in [4.69, 9.17) is 0 Å². The van der Waals surface area contributed by atoms with Gasteiger partial charge in [-0.25, -0.2) is 0 Å². The number of ketones is 2. The maximum absolute atomic E-state index is 12.0. The van der Waals surface area contributed by atoms with Crippen LogP contribution in [-0.4, -0.2) is 45.2 Å². The van der Waals surface area contributed by atoms with Crippen molar-refractivity contribution in [1.82, 2.24) is 0 Å². The van der Waals surface area contributed by atoms with Crippen LogP contribution in [-0.2, 0) is 0 Å². The Morgan fingerprint density at radius 1 is 0.636 bits per heavy atom. The molecule has 0 heterocycles. The summed E-state index contributed by atoms with van der Waals surface area (Å²) in [6.45, 7) is 0. The lowest BCUT2D eigenvalue weighted by molar-refractivity contribution is -0.0358. The number of Topliss-reactive ketones (excluding diaryl/α,β-unsaturated/α-hetero) is 2. The van der Waals surface area contributed by atoms with Gasteiger partial charge in [-0.15, -0.1) is 0 Å². The standard InChI is InChI=1S/C17H16O5/c18-13(11-7-3-1-4-8-11)15(20)17(22)16(21)14(19)12-9-5-2-6-10-12/h1-10,15-17,20-22H. The third-order valence-electron chi connectivity index (χ3n) is 3.30. The Hall–Kier alpha value is -2.34. The highest BCUT2D eigenvalue weighted by molar-refractivity contribution is 6.02. The zero-order chi connectivity index (χ0) is 16.1. The van der Waals surface area contributed by atoms with Gasteiger partial charge in [-0.3, -0.25) is 9.59 Å². The fourth-order valence-electron chi connectivity index (χ4n) is 2.03. The number of aliphatic hydroxyl groups excluding tert-OH is 3. The molecule has 3 N–H and O–H groups in total. The molecule has 5 heteroatoms. The second-order valence-corrected chi connectivity index (χ2v) is 4.84. The molecular weight excluding hydrogens is 284 g/mol. The SMILES string of the molecule is O=C(c1ccccc1)C(O)C(O)C(O)C(=O)c1ccccc1. The van der Waals surface area contributed by atoms with Crippen LogP contribution in [0.4, 0.5) is 0 Å². The fraction of sp³-hybridized carbons (Fsp3) is 0.176. The van der Waals surface area contributed by atoms with Gasteiger partial charge in [0.1, 0.15) is 18.3 Å². The fourth-order valence-corrected chi connectivity index (χ4v) is 2.03. The predicted molar refractivity (Wildman–Crippen MR) is 79.6 cm³/mol. The van der Waals surface area contributed by atoms with E-state index in [9.17, 15) is 24.9 Å². The van der Waals surface area contributed by atoms with Crippen molar-refractivity contribution in [2.45, 2.75) is 18.3 Å². The number of hydrogen-bond donors (Lipinski definition) is 3. The zero-order valence-electron chi connectivity index (χ0n) is 11.7. The minimum Gasteiger partial charge on any atom is -0.387 e. The van der Waals surface area contributed by atoms with Crippen molar-refractivity contribution in [2.75, 3.05) is 0 Å². The van der Waals surface area contributed by atoms with Crippen LogP contribution in [0.15, 0.2) is 60.7 Å². The Balaban J connectivity index is 2.11. The number of rotatable bonds is 6. The van der Waals surface area contributed by atoms with E-state index < -0.39 is 29.9 Å². The lowest BCUT2D eigenvalue weighted by atomic mass is 9.94. The summed E-state index contributed by atoms with van der Waals surface area (Å²) >= 11 is 0. The van der Waals surface area contributed by atoms with Gasteiger partial charge >= 0.3 is 0 Å². The molecule has 5 nitrogen and oxygen atoms in total. The van der Waals surface area contributed by atoms with Gasteiger partial charge in [-0.2, -0.15) is 0 Å². The highest BCUT2D eigenvalue weighted by Crippen LogP contribution is 2.13. The van der Waals surface area contributed by atoms with E-state index in [1.807, 2.05) is 0 Å². The summed E-state index contributed by atoms with van der Waals surface area (Å²) in [5, 5.41) is 29.7. The van der Waals surface area contributed by atoms with E-state index in [0.717, 1.165) is 0 Å². The largest absolute Gasteiger partial charge is 0.387 e. The minimum atomic E-state index is -1.90. The molecule has 2 aromatic rings. The van der Waals surface area contributed by atoms with E-state index in [2.05, 4.69) is 0 Å². The average Bonchev–Trinajstić information content (AvgIpc) is 2.60. The van der Waals surface area contributed by atoms with Crippen LogP contribution in [0.2, 0.25) is 0 Å². The van der Waals surface area contributed by atoms with Crippen LogP contribution in [0.25, 0.3) is 0 Å². The lowest BCUT2D eigenvalue weighted by Crippen LogP contribution is -2.46. The second kappa shape index (κ2) is 7.09. The van der Waals surface area contributed by atoms with Crippen molar-refractivity contribution in [3.8, 4) is 0 Å². The molecular formula is C17H16O5. The Labute approximate surface area is 127 Å². The van der Waals surface area contributed by atoms with E-state index in [1.165, 1.54) is 24.3 Å². The van der Waals surface area contributed by atoms with E-state index in [1.54, 1.807) is 36.4 Å². The van der Waals surface area contributed by atoms with E-state index in [-0.39, 0.29) is 11.1 Å². The first-order valence-electron chi connectivity index (χ1n) is 6.75. The third-order valence-corrected chi connectivity index (χ3v) is 3.30. The Morgan fingerprint density at radius 3 is 1.27 bits per heavy atom. The smallest absolute Gasteiger partial charge is 0.194 e. The number of hydrogen-bond acceptors (Lipinski definition) is 5. The molecule has 2 unspecified atom stereocenters. The Morgan fingerprint density at radius 2 is 0.955 bits per heavy atom. The Kier molecular flexibility index (Phi) is 5.16. The summed E-state index contributed by atoms with van der Waals surface area (Å²) in [5.41, 5.74) is 0.377. The summed E-state index contributed by atoms with van der Waals surface area (Å²) in [7, 11) is 0. The number of carbonyl (C=O) groups excluding carboxylic acids is 2. The van der Waals surface area contributed by atoms with Gasteiger partial charge in [0.2, 0.25) is 0 Å². The normalized spacial score (nSPS) is 14.9. The van der Waals surface area contributed by atoms with E-state index in [0.29, 0.717) is 0 Å². The molecule has 2 atom stereocenters. The van der Waals surface area contributed by atoms with Crippen LogP contribution < -0.4 is 0 Å². The molecule has 0 fully saturated rings. The summed E-state index contributed by atoms with van der Waals surface area (Å²) < 4.78 is 0. The number of benzene rings is 2. The predicted octanol–water partition coefficient (Wildman–Crippen LogP) is 0.835. The van der Waals surface area contributed by atoms with E-state index >= 15 is 0 Å². The van der Waals surface area contributed by atoms with Gasteiger partial charge in [-0.05, 0) is 0 Å². The van der Waals surface area contributed by atoms with Crippen molar-refractivity contribution in [1.29, 1.82) is 0 Å². The maximum atomic E-state index is 12.0. The molecule has 22 heavy (non-hydrogen) atoms. The van der Waals surface area contributed by atoms with Crippen LogP contribution in [0.5, 0.6) is 0 Å². The van der Waals surface area contributed by atoms with Crippen molar-refractivity contribution in [3.63, 3.8) is 0 Å². The van der Waals surface area contributed by atoms with Crippen molar-refractivity contribution in [3.05, 3.63) is 71.8 Å². The van der Waals surface area contributed by atoms with Crippen molar-refractivity contribution in [2.24, 2.45) is 0 Å². The first-order chi connectivity index (χ1) is 10.5. The Bertz CT molecular complexity index is 581. The maximum Gasteiger partial charge on any atom is 0.194 e. The van der Waals surface area contributed by atoms with Gasteiger partial charge in [0.15, 0.2) is 11.6 Å². The molecule has 0 saturated heterocycles.